The lowest BCUT2D eigenvalue weighted by Crippen LogP contribution is -2.01. The molecule has 0 aliphatic rings. The summed E-state index contributed by atoms with van der Waals surface area (Å²) in [5.74, 6) is 0. The van der Waals surface area contributed by atoms with Crippen LogP contribution in [0.25, 0.3) is 0 Å². The molecule has 68 valence electrons. The van der Waals surface area contributed by atoms with Crippen LogP contribution < -0.4 is 5.32 Å². The average molecular weight is 239 g/mol. The van der Waals surface area contributed by atoms with Crippen LogP contribution in [0.15, 0.2) is 16.6 Å². The second kappa shape index (κ2) is 4.29. The van der Waals surface area contributed by atoms with Crippen LogP contribution in [0.1, 0.15) is 18.1 Å². The summed E-state index contributed by atoms with van der Waals surface area (Å²) in [7, 11) is 0. The quantitative estimate of drug-likeness (QED) is 0.860. The monoisotopic (exact) mass is 238 g/mol. The van der Waals surface area contributed by atoms with Gasteiger partial charge in [-0.1, -0.05) is 15.9 Å². The Morgan fingerprint density at radius 3 is 2.77 bits per heavy atom. The fraction of sp³-hybridized carbons (Fsp3) is 0.300. The number of nitrogens with zero attached hydrogens (tertiary/aromatic N) is 1. The van der Waals surface area contributed by atoms with Crippen molar-refractivity contribution in [3.63, 3.8) is 0 Å². The molecule has 0 fully saturated rings. The molecule has 0 amide bonds. The van der Waals surface area contributed by atoms with Crippen molar-refractivity contribution in [2.45, 2.75) is 13.8 Å². The Morgan fingerprint density at radius 2 is 2.23 bits per heavy atom. The third-order valence-corrected chi connectivity index (χ3v) is 2.73. The molecule has 0 aliphatic heterocycles. The first-order chi connectivity index (χ1) is 6.20. The highest BCUT2D eigenvalue weighted by Crippen LogP contribution is 2.27. The van der Waals surface area contributed by atoms with Crippen molar-refractivity contribution in [2.24, 2.45) is 0 Å². The number of anilines is 1. The lowest BCUT2D eigenvalue weighted by Gasteiger charge is -2.10. The highest BCUT2D eigenvalue weighted by atomic mass is 79.9. The van der Waals surface area contributed by atoms with E-state index in [4.69, 9.17) is 5.26 Å². The minimum absolute atomic E-state index is 0.697. The number of halogens is 1. The van der Waals surface area contributed by atoms with Gasteiger partial charge in [0.25, 0.3) is 0 Å². The van der Waals surface area contributed by atoms with Gasteiger partial charge in [-0.2, -0.15) is 5.26 Å². The minimum Gasteiger partial charge on any atom is -0.384 e. The first kappa shape index (κ1) is 10.1. The molecular formula is C10H11BrN2. The Bertz CT molecular complexity index is 353. The van der Waals surface area contributed by atoms with Crippen LogP contribution >= 0.6 is 15.9 Å². The fourth-order valence-corrected chi connectivity index (χ4v) is 1.51. The van der Waals surface area contributed by atoms with E-state index in [-0.39, 0.29) is 0 Å². The molecule has 0 radical (unpaired) electrons. The second-order valence-electron chi connectivity index (χ2n) is 2.74. The SMILES string of the molecule is CCNc1c(C#N)ccc(Br)c1C. The molecule has 1 aromatic rings. The van der Waals surface area contributed by atoms with Gasteiger partial charge in [0.2, 0.25) is 0 Å². The Morgan fingerprint density at radius 1 is 1.54 bits per heavy atom. The lowest BCUT2D eigenvalue weighted by atomic mass is 10.1. The van der Waals surface area contributed by atoms with Crippen molar-refractivity contribution in [1.29, 1.82) is 5.26 Å². The van der Waals surface area contributed by atoms with E-state index in [1.54, 1.807) is 0 Å². The van der Waals surface area contributed by atoms with E-state index in [1.165, 1.54) is 0 Å². The third kappa shape index (κ3) is 2.02. The van der Waals surface area contributed by atoms with Gasteiger partial charge in [0.1, 0.15) is 6.07 Å². The summed E-state index contributed by atoms with van der Waals surface area (Å²) in [4.78, 5) is 0. The molecule has 2 nitrogen and oxygen atoms in total. The van der Waals surface area contributed by atoms with E-state index in [9.17, 15) is 0 Å². The summed E-state index contributed by atoms with van der Waals surface area (Å²) in [6, 6.07) is 5.88. The summed E-state index contributed by atoms with van der Waals surface area (Å²) in [5.41, 5.74) is 2.71. The van der Waals surface area contributed by atoms with Gasteiger partial charge in [0, 0.05) is 11.0 Å². The van der Waals surface area contributed by atoms with Crippen molar-refractivity contribution in [3.8, 4) is 6.07 Å². The van der Waals surface area contributed by atoms with Crippen molar-refractivity contribution in [2.75, 3.05) is 11.9 Å². The number of rotatable bonds is 2. The predicted octanol–water partition coefficient (Wildman–Crippen LogP) is 3.06. The molecule has 13 heavy (non-hydrogen) atoms. The summed E-state index contributed by atoms with van der Waals surface area (Å²) >= 11 is 3.43. The molecule has 0 aromatic heterocycles. The van der Waals surface area contributed by atoms with Gasteiger partial charge in [0.15, 0.2) is 0 Å². The maximum absolute atomic E-state index is 8.86. The zero-order valence-electron chi connectivity index (χ0n) is 7.69. The maximum atomic E-state index is 8.86. The van der Waals surface area contributed by atoms with E-state index < -0.39 is 0 Å². The zero-order valence-corrected chi connectivity index (χ0v) is 9.27. The number of hydrogen-bond donors (Lipinski definition) is 1. The van der Waals surface area contributed by atoms with Crippen molar-refractivity contribution in [3.05, 3.63) is 27.7 Å². The zero-order chi connectivity index (χ0) is 9.84. The molecule has 0 saturated heterocycles. The largest absolute Gasteiger partial charge is 0.384 e. The van der Waals surface area contributed by atoms with Gasteiger partial charge in [-0.3, -0.25) is 0 Å². The van der Waals surface area contributed by atoms with Crippen LogP contribution in [0.3, 0.4) is 0 Å². The summed E-state index contributed by atoms with van der Waals surface area (Å²) in [6.45, 7) is 4.83. The number of nitriles is 1. The van der Waals surface area contributed by atoms with E-state index >= 15 is 0 Å². The van der Waals surface area contributed by atoms with E-state index in [0.717, 1.165) is 22.3 Å². The molecule has 3 heteroatoms. The average Bonchev–Trinajstić information content (AvgIpc) is 2.14. The molecular weight excluding hydrogens is 228 g/mol. The maximum Gasteiger partial charge on any atom is 0.101 e. The second-order valence-corrected chi connectivity index (χ2v) is 3.59. The van der Waals surface area contributed by atoms with Crippen LogP contribution in [0.5, 0.6) is 0 Å². The standard InChI is InChI=1S/C10H11BrN2/c1-3-13-10-7(2)9(11)5-4-8(10)6-12/h4-5,13H,3H2,1-2H3. The van der Waals surface area contributed by atoms with Crippen LogP contribution in [0, 0.1) is 18.3 Å². The molecule has 0 aliphatic carbocycles. The van der Waals surface area contributed by atoms with Gasteiger partial charge in [0.05, 0.1) is 11.3 Å². The predicted molar refractivity (Wildman–Crippen MR) is 57.8 cm³/mol. The van der Waals surface area contributed by atoms with Gasteiger partial charge < -0.3 is 5.32 Å². The number of benzene rings is 1. The third-order valence-electron chi connectivity index (χ3n) is 1.87. The minimum atomic E-state index is 0.697. The van der Waals surface area contributed by atoms with Crippen molar-refractivity contribution >= 4 is 21.6 Å². The first-order valence-electron chi connectivity index (χ1n) is 4.13. The van der Waals surface area contributed by atoms with Gasteiger partial charge in [-0.25, -0.2) is 0 Å². The summed E-state index contributed by atoms with van der Waals surface area (Å²) < 4.78 is 1.03. The smallest absolute Gasteiger partial charge is 0.101 e. The molecule has 0 saturated carbocycles. The highest BCUT2D eigenvalue weighted by Gasteiger charge is 2.06. The Labute approximate surface area is 86.7 Å². The van der Waals surface area contributed by atoms with Crippen molar-refractivity contribution in [1.82, 2.24) is 0 Å². The number of hydrogen-bond acceptors (Lipinski definition) is 2. The molecule has 0 atom stereocenters. The van der Waals surface area contributed by atoms with Crippen molar-refractivity contribution < 1.29 is 0 Å². The summed E-state index contributed by atoms with van der Waals surface area (Å²) in [5, 5.41) is 12.0. The highest BCUT2D eigenvalue weighted by molar-refractivity contribution is 9.10. The van der Waals surface area contributed by atoms with Gasteiger partial charge in [-0.05, 0) is 31.5 Å². The molecule has 1 N–H and O–H groups in total. The molecule has 0 bridgehead atoms. The lowest BCUT2D eigenvalue weighted by molar-refractivity contribution is 1.19. The first-order valence-corrected chi connectivity index (χ1v) is 4.93. The van der Waals surface area contributed by atoms with Crippen LogP contribution in [0.2, 0.25) is 0 Å². The fourth-order valence-electron chi connectivity index (χ4n) is 1.18. The van der Waals surface area contributed by atoms with Crippen LogP contribution in [-0.4, -0.2) is 6.54 Å². The van der Waals surface area contributed by atoms with Gasteiger partial charge in [-0.15, -0.1) is 0 Å². The normalized spacial score (nSPS) is 9.38. The number of nitrogens with one attached hydrogen (secondary N) is 1. The molecule has 0 unspecified atom stereocenters. The van der Waals surface area contributed by atoms with Crippen LogP contribution in [0.4, 0.5) is 5.69 Å². The Hall–Kier alpha value is -1.01. The van der Waals surface area contributed by atoms with Crippen LogP contribution in [-0.2, 0) is 0 Å². The Balaban J connectivity index is 3.26. The van der Waals surface area contributed by atoms with E-state index in [1.807, 2.05) is 26.0 Å². The molecule has 1 aromatic carbocycles. The molecule has 0 spiro atoms. The van der Waals surface area contributed by atoms with Gasteiger partial charge >= 0.3 is 0 Å². The van der Waals surface area contributed by atoms with E-state index in [0.29, 0.717) is 5.56 Å². The summed E-state index contributed by atoms with van der Waals surface area (Å²) in [6.07, 6.45) is 0. The van der Waals surface area contributed by atoms with E-state index in [2.05, 4.69) is 27.3 Å². The molecule has 1 rings (SSSR count). The topological polar surface area (TPSA) is 35.8 Å². The Kier molecular flexibility index (Phi) is 3.32. The molecule has 0 heterocycles.